The van der Waals surface area contributed by atoms with Gasteiger partial charge >= 0.3 is 0 Å². The van der Waals surface area contributed by atoms with Crippen molar-refractivity contribution in [2.45, 2.75) is 66.2 Å². The summed E-state index contributed by atoms with van der Waals surface area (Å²) in [5, 5.41) is 0. The molecule has 4 unspecified atom stereocenters. The fourth-order valence-electron chi connectivity index (χ4n) is 4.05. The van der Waals surface area contributed by atoms with Gasteiger partial charge in [-0.05, 0) is 54.8 Å². The van der Waals surface area contributed by atoms with Crippen LogP contribution >= 0.6 is 0 Å². The summed E-state index contributed by atoms with van der Waals surface area (Å²) < 4.78 is 0. The van der Waals surface area contributed by atoms with E-state index < -0.39 is 0 Å². The second kappa shape index (κ2) is 4.11. The second-order valence-electron chi connectivity index (χ2n) is 6.62. The van der Waals surface area contributed by atoms with Crippen LogP contribution in [-0.2, 0) is 0 Å². The van der Waals surface area contributed by atoms with E-state index in [0.29, 0.717) is 0 Å². The molecule has 0 spiro atoms. The van der Waals surface area contributed by atoms with E-state index in [2.05, 4.69) is 27.7 Å². The average molecular weight is 208 g/mol. The highest BCUT2D eigenvalue weighted by molar-refractivity contribution is 5.09. The Labute approximate surface area is 95.8 Å². The Morgan fingerprint density at radius 1 is 1.27 bits per heavy atom. The summed E-state index contributed by atoms with van der Waals surface area (Å²) in [6, 6.07) is 0. The SMILES string of the molecule is CCCC1CC2CCC12CC(C)C(C)C. The van der Waals surface area contributed by atoms with Crippen LogP contribution in [-0.4, -0.2) is 0 Å². The first-order valence-electron chi connectivity index (χ1n) is 7.10. The Morgan fingerprint density at radius 2 is 2.00 bits per heavy atom. The molecule has 2 aliphatic carbocycles. The fourth-order valence-corrected chi connectivity index (χ4v) is 4.05. The molecule has 0 aliphatic heterocycles. The number of fused-ring (bicyclic) bond motifs is 1. The van der Waals surface area contributed by atoms with E-state index in [1.807, 2.05) is 0 Å². The van der Waals surface area contributed by atoms with E-state index in [1.165, 1.54) is 19.3 Å². The van der Waals surface area contributed by atoms with Crippen molar-refractivity contribution in [3.8, 4) is 0 Å². The van der Waals surface area contributed by atoms with Gasteiger partial charge < -0.3 is 0 Å². The van der Waals surface area contributed by atoms with Crippen LogP contribution in [0.4, 0.5) is 0 Å². The molecule has 0 radical (unpaired) electrons. The summed E-state index contributed by atoms with van der Waals surface area (Å²) in [5.74, 6) is 4.05. The monoisotopic (exact) mass is 208 g/mol. The van der Waals surface area contributed by atoms with E-state index in [4.69, 9.17) is 0 Å². The maximum atomic E-state index is 2.47. The molecule has 2 rings (SSSR count). The van der Waals surface area contributed by atoms with Crippen LogP contribution in [0.5, 0.6) is 0 Å². The summed E-state index contributed by atoms with van der Waals surface area (Å²) in [6.07, 6.45) is 9.10. The minimum atomic E-state index is 0.833. The van der Waals surface area contributed by atoms with E-state index in [9.17, 15) is 0 Å². The standard InChI is InChI=1S/C15H28/c1-5-6-13-9-14-7-8-15(13,14)10-12(4)11(2)3/h11-14H,5-10H2,1-4H3. The lowest BCUT2D eigenvalue weighted by Gasteiger charge is -2.66. The van der Waals surface area contributed by atoms with Crippen LogP contribution in [0.1, 0.15) is 66.2 Å². The molecule has 2 saturated carbocycles. The van der Waals surface area contributed by atoms with Gasteiger partial charge in [0.15, 0.2) is 0 Å². The Bertz CT molecular complexity index is 216. The molecule has 0 saturated heterocycles. The van der Waals surface area contributed by atoms with Gasteiger partial charge in [-0.1, -0.05) is 40.5 Å². The zero-order valence-electron chi connectivity index (χ0n) is 11.1. The molecule has 0 aromatic heterocycles. The van der Waals surface area contributed by atoms with Crippen molar-refractivity contribution in [1.29, 1.82) is 0 Å². The van der Waals surface area contributed by atoms with E-state index in [-0.39, 0.29) is 0 Å². The number of rotatable bonds is 5. The van der Waals surface area contributed by atoms with Crippen molar-refractivity contribution in [2.75, 3.05) is 0 Å². The maximum Gasteiger partial charge on any atom is -0.0238 e. The van der Waals surface area contributed by atoms with E-state index in [0.717, 1.165) is 29.1 Å². The third-order valence-corrected chi connectivity index (χ3v) is 5.63. The summed E-state index contributed by atoms with van der Waals surface area (Å²) in [5.41, 5.74) is 0.833. The minimum absolute atomic E-state index is 0.833. The Morgan fingerprint density at radius 3 is 2.40 bits per heavy atom. The average Bonchev–Trinajstić information content (AvgIpc) is 2.19. The zero-order chi connectivity index (χ0) is 11.1. The molecular weight excluding hydrogens is 180 g/mol. The first-order valence-corrected chi connectivity index (χ1v) is 7.10. The summed E-state index contributed by atoms with van der Waals surface area (Å²) in [6.45, 7) is 9.60. The van der Waals surface area contributed by atoms with Crippen molar-refractivity contribution >= 4 is 0 Å². The predicted molar refractivity (Wildman–Crippen MR) is 66.8 cm³/mol. The highest BCUT2D eigenvalue weighted by atomic mass is 14.6. The third-order valence-electron chi connectivity index (χ3n) is 5.63. The van der Waals surface area contributed by atoms with Crippen molar-refractivity contribution in [2.24, 2.45) is 29.1 Å². The molecule has 0 heterocycles. The molecule has 4 atom stereocenters. The fraction of sp³-hybridized carbons (Fsp3) is 1.00. The molecule has 2 fully saturated rings. The second-order valence-corrected chi connectivity index (χ2v) is 6.62. The normalized spacial score (nSPS) is 40.6. The minimum Gasteiger partial charge on any atom is -0.0654 e. The summed E-state index contributed by atoms with van der Waals surface area (Å²) >= 11 is 0. The van der Waals surface area contributed by atoms with Gasteiger partial charge in [0, 0.05) is 0 Å². The van der Waals surface area contributed by atoms with Gasteiger partial charge in [-0.2, -0.15) is 0 Å². The lowest BCUT2D eigenvalue weighted by Crippen LogP contribution is -2.57. The van der Waals surface area contributed by atoms with Gasteiger partial charge in [-0.25, -0.2) is 0 Å². The molecule has 15 heavy (non-hydrogen) atoms. The van der Waals surface area contributed by atoms with Crippen molar-refractivity contribution in [3.63, 3.8) is 0 Å². The largest absolute Gasteiger partial charge is 0.0654 e. The molecule has 0 N–H and O–H groups in total. The van der Waals surface area contributed by atoms with Gasteiger partial charge in [-0.15, -0.1) is 0 Å². The van der Waals surface area contributed by atoms with Crippen LogP contribution in [0.15, 0.2) is 0 Å². The Balaban J connectivity index is 1.93. The molecule has 2 aliphatic rings. The molecule has 0 aromatic carbocycles. The third kappa shape index (κ3) is 1.74. The van der Waals surface area contributed by atoms with Gasteiger partial charge in [0.25, 0.3) is 0 Å². The molecular formula is C15H28. The van der Waals surface area contributed by atoms with Gasteiger partial charge in [0.2, 0.25) is 0 Å². The van der Waals surface area contributed by atoms with Crippen LogP contribution in [0.2, 0.25) is 0 Å². The Hall–Kier alpha value is 0. The summed E-state index contributed by atoms with van der Waals surface area (Å²) in [4.78, 5) is 0. The zero-order valence-corrected chi connectivity index (χ0v) is 11.1. The van der Waals surface area contributed by atoms with Crippen LogP contribution < -0.4 is 0 Å². The predicted octanol–water partition coefficient (Wildman–Crippen LogP) is 4.89. The highest BCUT2D eigenvalue weighted by Gasteiger charge is 2.59. The lowest BCUT2D eigenvalue weighted by molar-refractivity contribution is -0.161. The quantitative estimate of drug-likeness (QED) is 0.604. The smallest absolute Gasteiger partial charge is 0.0238 e. The maximum absolute atomic E-state index is 2.47. The van der Waals surface area contributed by atoms with Gasteiger partial charge in [0.05, 0.1) is 0 Å². The number of hydrogen-bond donors (Lipinski definition) is 0. The van der Waals surface area contributed by atoms with E-state index in [1.54, 1.807) is 19.3 Å². The molecule has 0 bridgehead atoms. The van der Waals surface area contributed by atoms with Crippen LogP contribution in [0, 0.1) is 29.1 Å². The van der Waals surface area contributed by atoms with Crippen LogP contribution in [0.3, 0.4) is 0 Å². The van der Waals surface area contributed by atoms with Crippen molar-refractivity contribution in [3.05, 3.63) is 0 Å². The van der Waals surface area contributed by atoms with Crippen molar-refractivity contribution < 1.29 is 0 Å². The molecule has 88 valence electrons. The van der Waals surface area contributed by atoms with Crippen molar-refractivity contribution in [1.82, 2.24) is 0 Å². The van der Waals surface area contributed by atoms with Crippen LogP contribution in [0.25, 0.3) is 0 Å². The lowest BCUT2D eigenvalue weighted by atomic mass is 9.39. The highest BCUT2D eigenvalue weighted by Crippen LogP contribution is 2.68. The topological polar surface area (TPSA) is 0 Å². The molecule has 0 amide bonds. The summed E-state index contributed by atoms with van der Waals surface area (Å²) in [7, 11) is 0. The number of hydrogen-bond acceptors (Lipinski definition) is 0. The molecule has 0 nitrogen and oxygen atoms in total. The van der Waals surface area contributed by atoms with Gasteiger partial charge in [-0.3, -0.25) is 0 Å². The van der Waals surface area contributed by atoms with E-state index >= 15 is 0 Å². The molecule has 0 heteroatoms. The first kappa shape index (κ1) is 11.5. The first-order chi connectivity index (χ1) is 7.10. The molecule has 0 aromatic rings. The van der Waals surface area contributed by atoms with Gasteiger partial charge in [0.1, 0.15) is 0 Å². The Kier molecular flexibility index (Phi) is 3.14.